The summed E-state index contributed by atoms with van der Waals surface area (Å²) >= 11 is 1.75. The fraction of sp³-hybridized carbons (Fsp3) is 0.455. The van der Waals surface area contributed by atoms with E-state index in [1.54, 1.807) is 17.7 Å². The molecule has 3 aromatic heterocycles. The summed E-state index contributed by atoms with van der Waals surface area (Å²) in [5.41, 5.74) is 5.78. The number of ketones is 1. The van der Waals surface area contributed by atoms with E-state index in [9.17, 15) is 9.90 Å². The molecule has 0 bridgehead atoms. The number of benzene rings is 2. The summed E-state index contributed by atoms with van der Waals surface area (Å²) in [6.07, 6.45) is 9.41. The van der Waals surface area contributed by atoms with Gasteiger partial charge in [0.25, 0.3) is 0 Å². The van der Waals surface area contributed by atoms with Crippen molar-refractivity contribution in [2.45, 2.75) is 114 Å². The number of fused-ring (bicyclic) bond motifs is 2. The van der Waals surface area contributed by atoms with Gasteiger partial charge in [-0.3, -0.25) is 14.8 Å². The molecule has 0 aliphatic rings. The monoisotopic (exact) mass is 883 g/mol. The zero-order valence-corrected chi connectivity index (χ0v) is 35.6. The number of aromatic nitrogens is 3. The third-order valence-electron chi connectivity index (χ3n) is 10.5. The van der Waals surface area contributed by atoms with Gasteiger partial charge in [0, 0.05) is 75.6 Å². The SMILES string of the molecule is CC(C)Cc1cc2scc(-c3cc(-c4[c-]c5ccccc5c(C(C)(C)C)c4)ncn3)c2cn1.CCC(C)(CC)C(=O)/C=C(\O)C(C)(CC)CC.[Ir]. The van der Waals surface area contributed by atoms with E-state index in [0.717, 1.165) is 71.1 Å². The molecule has 0 amide bonds. The smallest absolute Gasteiger partial charge is 0.164 e. The van der Waals surface area contributed by atoms with Crippen LogP contribution in [-0.2, 0) is 36.7 Å². The van der Waals surface area contributed by atoms with Crippen molar-refractivity contribution in [1.82, 2.24) is 15.0 Å². The van der Waals surface area contributed by atoms with E-state index in [4.69, 9.17) is 4.98 Å². The van der Waals surface area contributed by atoms with Gasteiger partial charge < -0.3 is 5.11 Å². The molecule has 7 heteroatoms. The Morgan fingerprint density at radius 2 is 1.49 bits per heavy atom. The van der Waals surface area contributed by atoms with E-state index in [-0.39, 0.29) is 47.9 Å². The summed E-state index contributed by atoms with van der Waals surface area (Å²) in [5.74, 6) is 0.878. The first-order valence-corrected chi connectivity index (χ1v) is 19.1. The van der Waals surface area contributed by atoms with Crippen LogP contribution >= 0.6 is 11.3 Å². The zero-order valence-electron chi connectivity index (χ0n) is 32.4. The van der Waals surface area contributed by atoms with Crippen LogP contribution in [0.5, 0.6) is 0 Å². The van der Waals surface area contributed by atoms with Gasteiger partial charge in [-0.1, -0.05) is 105 Å². The number of carbonyl (C=O) groups excluding carboxylic acids is 1. The molecule has 51 heavy (non-hydrogen) atoms. The first-order valence-electron chi connectivity index (χ1n) is 18.2. The maximum atomic E-state index is 12.2. The largest absolute Gasteiger partial charge is 0.512 e. The molecule has 3 heterocycles. The number of pyridine rings is 1. The van der Waals surface area contributed by atoms with Gasteiger partial charge in [-0.2, -0.15) is 0 Å². The number of rotatable bonds is 11. The quantitative estimate of drug-likeness (QED) is 0.0812. The van der Waals surface area contributed by atoms with Gasteiger partial charge in [-0.25, -0.2) is 4.98 Å². The third kappa shape index (κ3) is 9.80. The van der Waals surface area contributed by atoms with Crippen LogP contribution in [0.2, 0.25) is 0 Å². The number of nitrogens with zero attached hydrogens (tertiary/aromatic N) is 3. The number of hydrogen-bond acceptors (Lipinski definition) is 6. The Morgan fingerprint density at radius 3 is 2.10 bits per heavy atom. The van der Waals surface area contributed by atoms with E-state index in [0.29, 0.717) is 5.92 Å². The molecule has 2 aromatic carbocycles. The average Bonchev–Trinajstić information content (AvgIpc) is 3.53. The first-order chi connectivity index (χ1) is 23.6. The fourth-order valence-corrected chi connectivity index (χ4v) is 7.00. The molecule has 5 rings (SSSR count). The molecular formula is C44H56IrN3O2S-. The van der Waals surface area contributed by atoms with E-state index < -0.39 is 0 Å². The van der Waals surface area contributed by atoms with Crippen molar-refractivity contribution in [3.8, 4) is 22.5 Å². The Morgan fingerprint density at radius 1 is 0.863 bits per heavy atom. The molecule has 0 saturated heterocycles. The molecule has 0 unspecified atom stereocenters. The molecule has 1 N–H and O–H groups in total. The minimum atomic E-state index is -0.337. The van der Waals surface area contributed by atoms with Crippen LogP contribution in [0.3, 0.4) is 0 Å². The van der Waals surface area contributed by atoms with Crippen LogP contribution in [0.25, 0.3) is 43.4 Å². The van der Waals surface area contributed by atoms with Crippen LogP contribution in [-0.4, -0.2) is 25.8 Å². The molecular weight excluding hydrogens is 827 g/mol. The number of allylic oxidation sites excluding steroid dienone is 2. The van der Waals surface area contributed by atoms with E-state index in [1.807, 2.05) is 47.7 Å². The van der Waals surface area contributed by atoms with Crippen molar-refractivity contribution in [3.63, 3.8) is 0 Å². The Hall–Kier alpha value is -3.25. The van der Waals surface area contributed by atoms with Crippen LogP contribution in [0.4, 0.5) is 0 Å². The van der Waals surface area contributed by atoms with E-state index in [1.165, 1.54) is 21.7 Å². The van der Waals surface area contributed by atoms with Crippen molar-refractivity contribution in [3.05, 3.63) is 89.5 Å². The first kappa shape index (κ1) is 42.2. The Balaban J connectivity index is 0.000000335. The van der Waals surface area contributed by atoms with Gasteiger partial charge >= 0.3 is 0 Å². The molecule has 0 fully saturated rings. The van der Waals surface area contributed by atoms with Crippen molar-refractivity contribution in [1.29, 1.82) is 0 Å². The summed E-state index contributed by atoms with van der Waals surface area (Å²) in [6.45, 7) is 23.3. The second kappa shape index (κ2) is 17.5. The number of carbonyl (C=O) groups is 1. The topological polar surface area (TPSA) is 76.0 Å². The summed E-state index contributed by atoms with van der Waals surface area (Å²) in [7, 11) is 0. The number of hydrogen-bond donors (Lipinski definition) is 1. The third-order valence-corrected chi connectivity index (χ3v) is 11.5. The van der Waals surface area contributed by atoms with Crippen LogP contribution < -0.4 is 0 Å². The summed E-state index contributed by atoms with van der Waals surface area (Å²) in [4.78, 5) is 26.1. The van der Waals surface area contributed by atoms with Crippen LogP contribution in [0.1, 0.15) is 113 Å². The standard InChI is InChI=1S/C29H28N3S.C15H28O2.Ir/c1-18(2)10-21-13-28-23(15-30-21)24(16-33-28)27-14-26(31-17-32-27)20-11-19-8-6-7-9-22(19)25(12-20)29(3,4)5;1-7-14(5,8-2)12(16)11-13(17)15(6,9-3)10-4;/h6-9,12-18H,10H2,1-5H3;11,16H,7-10H2,1-6H3;/q-1;;/b;12-11-;. The van der Waals surface area contributed by atoms with E-state index in [2.05, 4.69) is 98.5 Å². The molecule has 0 saturated carbocycles. The van der Waals surface area contributed by atoms with Gasteiger partial charge in [0.2, 0.25) is 0 Å². The minimum Gasteiger partial charge on any atom is -0.512 e. The second-order valence-electron chi connectivity index (χ2n) is 15.5. The molecule has 0 aliphatic heterocycles. The minimum absolute atomic E-state index is 0. The fourth-order valence-electron chi connectivity index (χ4n) is 6.02. The van der Waals surface area contributed by atoms with Crippen molar-refractivity contribution in [2.75, 3.05) is 0 Å². The Bertz CT molecular complexity index is 1960. The van der Waals surface area contributed by atoms with Crippen molar-refractivity contribution >= 4 is 38.0 Å². The molecule has 1 radical (unpaired) electrons. The predicted molar refractivity (Wildman–Crippen MR) is 213 cm³/mol. The Kier molecular flexibility index (Phi) is 14.5. The molecule has 0 spiro atoms. The molecule has 5 aromatic rings. The van der Waals surface area contributed by atoms with Gasteiger partial charge in [-0.15, -0.1) is 40.5 Å². The summed E-state index contributed by atoms with van der Waals surface area (Å²) in [6, 6.07) is 18.6. The summed E-state index contributed by atoms with van der Waals surface area (Å²) in [5, 5.41) is 15.8. The maximum absolute atomic E-state index is 12.2. The average molecular weight is 883 g/mol. The maximum Gasteiger partial charge on any atom is 0.164 e. The molecule has 0 atom stereocenters. The van der Waals surface area contributed by atoms with Crippen LogP contribution in [0.15, 0.2) is 72.2 Å². The van der Waals surface area contributed by atoms with Crippen LogP contribution in [0, 0.1) is 22.8 Å². The second-order valence-corrected chi connectivity index (χ2v) is 16.4. The molecule has 275 valence electrons. The summed E-state index contributed by atoms with van der Waals surface area (Å²) < 4.78 is 1.25. The number of aliphatic hydroxyl groups is 1. The van der Waals surface area contributed by atoms with Crippen molar-refractivity contribution in [2.24, 2.45) is 16.7 Å². The van der Waals surface area contributed by atoms with Gasteiger partial charge in [0.05, 0.1) is 5.69 Å². The van der Waals surface area contributed by atoms with Gasteiger partial charge in [0.15, 0.2) is 5.78 Å². The Labute approximate surface area is 323 Å². The predicted octanol–water partition coefficient (Wildman–Crippen LogP) is 12.5. The van der Waals surface area contributed by atoms with Gasteiger partial charge in [-0.05, 0) is 55.6 Å². The normalized spacial score (nSPS) is 12.5. The van der Waals surface area contributed by atoms with Gasteiger partial charge in [0.1, 0.15) is 12.1 Å². The zero-order chi connectivity index (χ0) is 36.9. The number of thiophene rings is 1. The van der Waals surface area contributed by atoms with Crippen molar-refractivity contribution < 1.29 is 30.0 Å². The number of aliphatic hydroxyl groups excluding tert-OH is 1. The molecule has 0 aliphatic carbocycles. The van der Waals surface area contributed by atoms with E-state index >= 15 is 0 Å². The molecule has 5 nitrogen and oxygen atoms in total.